The van der Waals surface area contributed by atoms with Crippen LogP contribution in [0.2, 0.25) is 0 Å². The zero-order valence-electron chi connectivity index (χ0n) is 19.6. The molecule has 0 aromatic carbocycles. The van der Waals surface area contributed by atoms with Gasteiger partial charge in [0.05, 0.1) is 6.61 Å². The largest absolute Gasteiger partial charge is 0.385 e. The molecule has 4 aliphatic rings. The summed E-state index contributed by atoms with van der Waals surface area (Å²) >= 11 is 0. The van der Waals surface area contributed by atoms with Gasteiger partial charge >= 0.3 is 12.1 Å². The predicted octanol–water partition coefficient (Wildman–Crippen LogP) is -0.0240. The number of carbonyl (C=O) groups excluding carboxylic acids is 5. The van der Waals surface area contributed by atoms with Crippen molar-refractivity contribution in [3.05, 3.63) is 11.4 Å². The molecule has 12 heteroatoms. The summed E-state index contributed by atoms with van der Waals surface area (Å²) in [7, 11) is 0. The molecule has 1 saturated carbocycles. The maximum atomic E-state index is 13.1. The minimum Gasteiger partial charge on any atom is -0.385 e. The number of hydrogen-bond donors (Lipinski definition) is 3. The van der Waals surface area contributed by atoms with Crippen molar-refractivity contribution in [1.82, 2.24) is 20.0 Å². The number of nitrogens with one attached hydrogen (secondary N) is 1. The van der Waals surface area contributed by atoms with Gasteiger partial charge in [0, 0.05) is 32.2 Å². The lowest BCUT2D eigenvalue weighted by Gasteiger charge is -2.46. The molecule has 0 radical (unpaired) electrons. The number of rotatable bonds is 5. The van der Waals surface area contributed by atoms with Crippen LogP contribution in [0.1, 0.15) is 52.4 Å². The SMILES string of the molecule is CCCN1C(=O)C(=C(N)N)C(=O)N(C2CCC(C)(CN3C(=O)NC(=O)[C@@]34CCOC4)CC2)C1=O. The minimum absolute atomic E-state index is 0.158. The normalized spacial score (nSPS) is 32.3. The summed E-state index contributed by atoms with van der Waals surface area (Å²) in [6.45, 7) is 4.98. The average Bonchev–Trinajstić information content (AvgIpc) is 3.34. The number of amides is 7. The first-order valence-electron chi connectivity index (χ1n) is 11.7. The Bertz CT molecular complexity index is 959. The monoisotopic (exact) mass is 476 g/mol. The van der Waals surface area contributed by atoms with Gasteiger partial charge in [0.25, 0.3) is 17.7 Å². The highest BCUT2D eigenvalue weighted by Crippen LogP contribution is 2.42. The molecule has 0 unspecified atom stereocenters. The van der Waals surface area contributed by atoms with Crippen LogP contribution >= 0.6 is 0 Å². The summed E-state index contributed by atoms with van der Waals surface area (Å²) in [5, 5.41) is 2.42. The number of urea groups is 2. The average molecular weight is 477 g/mol. The van der Waals surface area contributed by atoms with Crippen LogP contribution in [0.15, 0.2) is 11.4 Å². The Balaban J connectivity index is 1.50. The van der Waals surface area contributed by atoms with Gasteiger partial charge in [0.1, 0.15) is 16.9 Å². The first kappa shape index (κ1) is 24.0. The zero-order valence-corrected chi connectivity index (χ0v) is 19.6. The van der Waals surface area contributed by atoms with Gasteiger partial charge in [0.15, 0.2) is 0 Å². The molecule has 0 bridgehead atoms. The number of barbiturate groups is 1. The van der Waals surface area contributed by atoms with Gasteiger partial charge < -0.3 is 21.1 Å². The van der Waals surface area contributed by atoms with Crippen molar-refractivity contribution < 1.29 is 28.7 Å². The molecule has 1 atom stereocenters. The van der Waals surface area contributed by atoms with Gasteiger partial charge in [-0.05, 0) is 37.5 Å². The van der Waals surface area contributed by atoms with E-state index >= 15 is 0 Å². The highest BCUT2D eigenvalue weighted by Gasteiger charge is 2.57. The van der Waals surface area contributed by atoms with Crippen LogP contribution < -0.4 is 16.8 Å². The van der Waals surface area contributed by atoms with Crippen molar-refractivity contribution in [2.45, 2.75) is 64.0 Å². The highest BCUT2D eigenvalue weighted by molar-refractivity contribution is 6.29. The summed E-state index contributed by atoms with van der Waals surface area (Å²) in [4.78, 5) is 67.6. The van der Waals surface area contributed by atoms with E-state index in [-0.39, 0.29) is 30.0 Å². The fourth-order valence-corrected chi connectivity index (χ4v) is 5.51. The van der Waals surface area contributed by atoms with Crippen molar-refractivity contribution in [1.29, 1.82) is 0 Å². The minimum atomic E-state index is -0.963. The Morgan fingerprint density at radius 2 is 1.76 bits per heavy atom. The molecule has 186 valence electrons. The van der Waals surface area contributed by atoms with E-state index in [1.165, 1.54) is 0 Å². The van der Waals surface area contributed by atoms with Crippen LogP contribution in [0.5, 0.6) is 0 Å². The van der Waals surface area contributed by atoms with Crippen LogP contribution in [0, 0.1) is 5.41 Å². The van der Waals surface area contributed by atoms with Crippen LogP contribution in [0.4, 0.5) is 9.59 Å². The Morgan fingerprint density at radius 1 is 1.09 bits per heavy atom. The maximum Gasteiger partial charge on any atom is 0.334 e. The molecule has 7 amide bonds. The summed E-state index contributed by atoms with van der Waals surface area (Å²) in [6.07, 6.45) is 3.20. The second-order valence-corrected chi connectivity index (χ2v) is 9.97. The second-order valence-electron chi connectivity index (χ2n) is 9.97. The van der Waals surface area contributed by atoms with Crippen LogP contribution in [0.3, 0.4) is 0 Å². The zero-order chi connectivity index (χ0) is 24.8. The molecule has 0 aromatic rings. The molecule has 1 aliphatic carbocycles. The Hall–Kier alpha value is -3.15. The van der Waals surface area contributed by atoms with E-state index in [9.17, 15) is 24.0 Å². The second kappa shape index (κ2) is 8.57. The van der Waals surface area contributed by atoms with Gasteiger partial charge in [-0.2, -0.15) is 0 Å². The predicted molar refractivity (Wildman–Crippen MR) is 118 cm³/mol. The smallest absolute Gasteiger partial charge is 0.334 e. The third-order valence-corrected chi connectivity index (χ3v) is 7.54. The number of nitrogens with two attached hydrogens (primary N) is 2. The molecule has 3 heterocycles. The van der Waals surface area contributed by atoms with Crippen molar-refractivity contribution in [2.24, 2.45) is 16.9 Å². The first-order chi connectivity index (χ1) is 16.0. The van der Waals surface area contributed by atoms with Crippen LogP contribution in [0.25, 0.3) is 0 Å². The van der Waals surface area contributed by atoms with Crippen molar-refractivity contribution in [3.63, 3.8) is 0 Å². The Morgan fingerprint density at radius 3 is 2.32 bits per heavy atom. The number of hydrogen-bond acceptors (Lipinski definition) is 8. The lowest BCUT2D eigenvalue weighted by molar-refractivity contribution is -0.138. The maximum absolute atomic E-state index is 13.1. The van der Waals surface area contributed by atoms with E-state index in [1.54, 1.807) is 4.90 Å². The van der Waals surface area contributed by atoms with Gasteiger partial charge in [0.2, 0.25) is 0 Å². The molecule has 3 saturated heterocycles. The number of carbonyl (C=O) groups is 5. The highest BCUT2D eigenvalue weighted by atomic mass is 16.5. The summed E-state index contributed by atoms with van der Waals surface area (Å²) in [5.74, 6) is -2.25. The van der Waals surface area contributed by atoms with Crippen LogP contribution in [-0.4, -0.2) is 82.4 Å². The van der Waals surface area contributed by atoms with E-state index in [4.69, 9.17) is 16.2 Å². The van der Waals surface area contributed by atoms with E-state index in [1.807, 2.05) is 13.8 Å². The molecular formula is C22H32N6O6. The Labute approximate surface area is 197 Å². The van der Waals surface area contributed by atoms with E-state index in [0.717, 1.165) is 9.80 Å². The molecule has 3 aliphatic heterocycles. The fraction of sp³-hybridized carbons (Fsp3) is 0.682. The van der Waals surface area contributed by atoms with Gasteiger partial charge in [-0.3, -0.25) is 29.5 Å². The van der Waals surface area contributed by atoms with Crippen molar-refractivity contribution in [2.75, 3.05) is 26.3 Å². The molecule has 34 heavy (non-hydrogen) atoms. The molecular weight excluding hydrogens is 444 g/mol. The number of nitrogens with zero attached hydrogens (tertiary/aromatic N) is 3. The first-order valence-corrected chi connectivity index (χ1v) is 11.7. The number of ether oxygens (including phenoxy) is 1. The fourth-order valence-electron chi connectivity index (χ4n) is 5.51. The molecule has 5 N–H and O–H groups in total. The topological polar surface area (TPSA) is 168 Å². The standard InChI is InChI=1S/C22H32N6O6/c1-3-9-26-16(29)14(15(23)24)17(30)28(20(26)33)13-4-6-21(2,7-5-13)11-27-19(32)25-18(31)22(27)8-10-34-12-22/h13H,3-12,23-24H2,1-2H3,(H,25,31,32)/t13?,21?,22-/m0/s1. The Kier molecular flexibility index (Phi) is 6.05. The molecule has 1 spiro atoms. The summed E-state index contributed by atoms with van der Waals surface area (Å²) < 4.78 is 5.45. The van der Waals surface area contributed by atoms with Crippen molar-refractivity contribution >= 4 is 29.8 Å². The summed E-state index contributed by atoms with van der Waals surface area (Å²) in [5.41, 5.74) is 9.61. The molecule has 12 nitrogen and oxygen atoms in total. The molecule has 4 rings (SSSR count). The van der Waals surface area contributed by atoms with Crippen molar-refractivity contribution in [3.8, 4) is 0 Å². The molecule has 4 fully saturated rings. The third kappa shape index (κ3) is 3.69. The van der Waals surface area contributed by atoms with E-state index in [2.05, 4.69) is 5.32 Å². The summed E-state index contributed by atoms with van der Waals surface area (Å²) in [6, 6.07) is -1.49. The van der Waals surface area contributed by atoms with E-state index < -0.39 is 41.3 Å². The molecule has 0 aromatic heterocycles. The third-order valence-electron chi connectivity index (χ3n) is 7.54. The van der Waals surface area contributed by atoms with E-state index in [0.29, 0.717) is 51.7 Å². The number of imide groups is 3. The lowest BCUT2D eigenvalue weighted by Crippen LogP contribution is -2.61. The van der Waals surface area contributed by atoms with Gasteiger partial charge in [-0.25, -0.2) is 9.59 Å². The van der Waals surface area contributed by atoms with Gasteiger partial charge in [-0.15, -0.1) is 0 Å². The quantitative estimate of drug-likeness (QED) is 0.282. The van der Waals surface area contributed by atoms with Gasteiger partial charge in [-0.1, -0.05) is 13.8 Å². The van der Waals surface area contributed by atoms with Crippen LogP contribution in [-0.2, 0) is 19.1 Å². The lowest BCUT2D eigenvalue weighted by atomic mass is 9.72.